The van der Waals surface area contributed by atoms with Gasteiger partial charge in [0.2, 0.25) is 0 Å². The van der Waals surface area contributed by atoms with Crippen LogP contribution in [0.4, 0.5) is 5.82 Å². The molecule has 2 aromatic rings. The predicted octanol–water partition coefficient (Wildman–Crippen LogP) is 2.62. The highest BCUT2D eigenvalue weighted by Crippen LogP contribution is 2.54. The zero-order chi connectivity index (χ0) is 20.0. The Bertz CT molecular complexity index is 869. The van der Waals surface area contributed by atoms with Crippen molar-refractivity contribution in [3.8, 4) is 0 Å². The Morgan fingerprint density at radius 1 is 1.41 bits per heavy atom. The van der Waals surface area contributed by atoms with Crippen molar-refractivity contribution in [2.45, 2.75) is 31.1 Å². The highest BCUT2D eigenvalue weighted by molar-refractivity contribution is 7.09. The lowest BCUT2D eigenvalue weighted by Crippen LogP contribution is -2.41. The van der Waals surface area contributed by atoms with E-state index in [1.807, 2.05) is 42.5 Å². The number of nitrogens with one attached hydrogen (secondary N) is 1. The second-order valence-electron chi connectivity index (χ2n) is 8.79. The van der Waals surface area contributed by atoms with Crippen molar-refractivity contribution in [1.82, 2.24) is 15.2 Å². The molecule has 5 rings (SSSR count). The Balaban J connectivity index is 1.22. The van der Waals surface area contributed by atoms with Crippen LogP contribution in [-0.2, 0) is 11.3 Å². The number of fused-ring (bicyclic) bond motifs is 1. The Kier molecular flexibility index (Phi) is 4.84. The maximum atomic E-state index is 12.6. The lowest BCUT2D eigenvalue weighted by Gasteiger charge is -2.29. The molecule has 3 aliphatic heterocycles. The molecule has 6 nitrogen and oxygen atoms in total. The summed E-state index contributed by atoms with van der Waals surface area (Å²) in [6.45, 7) is 3.77. The van der Waals surface area contributed by atoms with Gasteiger partial charge in [-0.25, -0.2) is 4.98 Å². The molecule has 3 fully saturated rings. The molecular weight excluding hydrogens is 384 g/mol. The summed E-state index contributed by atoms with van der Waals surface area (Å²) in [7, 11) is 3.88. The quantitative estimate of drug-likeness (QED) is 0.790. The van der Waals surface area contributed by atoms with E-state index in [0.717, 1.165) is 38.3 Å². The van der Waals surface area contributed by atoms with Gasteiger partial charge in [-0.05, 0) is 36.4 Å². The molecule has 1 N–H and O–H groups in total. The number of aromatic nitrogens is 1. The van der Waals surface area contributed by atoms with E-state index in [1.54, 1.807) is 6.20 Å². The van der Waals surface area contributed by atoms with Crippen LogP contribution in [0.1, 0.15) is 28.1 Å². The topological polar surface area (TPSA) is 57.7 Å². The molecule has 0 radical (unpaired) electrons. The zero-order valence-corrected chi connectivity index (χ0v) is 17.8. The molecule has 0 aromatic carbocycles. The van der Waals surface area contributed by atoms with Gasteiger partial charge in [-0.3, -0.25) is 9.69 Å². The van der Waals surface area contributed by atoms with Crippen LogP contribution in [-0.4, -0.2) is 61.2 Å². The maximum absolute atomic E-state index is 12.6. The molecule has 2 aromatic heterocycles. The summed E-state index contributed by atoms with van der Waals surface area (Å²) in [5.74, 6) is 1.71. The minimum atomic E-state index is -0.0481. The summed E-state index contributed by atoms with van der Waals surface area (Å²) in [6.07, 6.45) is 4.22. The largest absolute Gasteiger partial charge is 0.370 e. The molecule has 5 heterocycles. The second kappa shape index (κ2) is 7.38. The van der Waals surface area contributed by atoms with E-state index in [1.165, 1.54) is 4.88 Å². The van der Waals surface area contributed by atoms with Crippen LogP contribution >= 0.6 is 11.3 Å². The van der Waals surface area contributed by atoms with Gasteiger partial charge in [0.15, 0.2) is 0 Å². The molecule has 2 bridgehead atoms. The average molecular weight is 413 g/mol. The molecule has 0 aliphatic carbocycles. The lowest BCUT2D eigenvalue weighted by molar-refractivity contribution is 0.00219. The Morgan fingerprint density at radius 2 is 2.31 bits per heavy atom. The van der Waals surface area contributed by atoms with Gasteiger partial charge < -0.3 is 15.0 Å². The van der Waals surface area contributed by atoms with E-state index in [4.69, 9.17) is 4.74 Å². The molecular formula is C22H28N4O2S. The number of anilines is 1. The van der Waals surface area contributed by atoms with Gasteiger partial charge >= 0.3 is 0 Å². The highest BCUT2D eigenvalue weighted by Gasteiger charge is 2.62. The Hall–Kier alpha value is -1.96. The first kappa shape index (κ1) is 19.0. The number of carbonyl (C=O) groups excluding carboxylic acids is 1. The van der Waals surface area contributed by atoms with Gasteiger partial charge in [-0.1, -0.05) is 6.07 Å². The average Bonchev–Trinajstić information content (AvgIpc) is 3.48. The minimum absolute atomic E-state index is 0.00619. The summed E-state index contributed by atoms with van der Waals surface area (Å²) in [5.41, 5.74) is 0.617. The van der Waals surface area contributed by atoms with Gasteiger partial charge in [0.25, 0.3) is 5.91 Å². The zero-order valence-electron chi connectivity index (χ0n) is 17.0. The van der Waals surface area contributed by atoms with Crippen molar-refractivity contribution in [3.05, 3.63) is 46.3 Å². The SMILES string of the molecule is CN(C)c1ccc(C(=O)NC[C@H]2[C@H]3CN(Cc4cccs4)C[C@]34CC[C@H]2O4)cn1. The number of thiophene rings is 1. The van der Waals surface area contributed by atoms with E-state index in [-0.39, 0.29) is 11.5 Å². The minimum Gasteiger partial charge on any atom is -0.370 e. The van der Waals surface area contributed by atoms with Crippen molar-refractivity contribution >= 4 is 23.1 Å². The van der Waals surface area contributed by atoms with Crippen LogP contribution in [0, 0.1) is 11.8 Å². The van der Waals surface area contributed by atoms with Crippen LogP contribution in [0.25, 0.3) is 0 Å². The number of ether oxygens (including phenoxy) is 1. The first-order chi connectivity index (χ1) is 14.0. The van der Waals surface area contributed by atoms with E-state index in [0.29, 0.717) is 30.0 Å². The van der Waals surface area contributed by atoms with Crippen molar-refractivity contribution in [2.75, 3.05) is 38.6 Å². The fourth-order valence-corrected chi connectivity index (χ4v) is 6.15. The van der Waals surface area contributed by atoms with Gasteiger partial charge in [0.1, 0.15) is 5.82 Å². The Labute approximate surface area is 175 Å². The molecule has 1 amide bonds. The molecule has 0 saturated carbocycles. The van der Waals surface area contributed by atoms with E-state index in [9.17, 15) is 4.79 Å². The lowest BCUT2D eigenvalue weighted by atomic mass is 9.73. The number of amides is 1. The summed E-state index contributed by atoms with van der Waals surface area (Å²) in [4.78, 5) is 22.9. The van der Waals surface area contributed by atoms with Crippen LogP contribution in [0.2, 0.25) is 0 Å². The van der Waals surface area contributed by atoms with E-state index < -0.39 is 0 Å². The van der Waals surface area contributed by atoms with Gasteiger partial charge in [0.05, 0.1) is 17.3 Å². The van der Waals surface area contributed by atoms with Crippen LogP contribution in [0.5, 0.6) is 0 Å². The van der Waals surface area contributed by atoms with Crippen LogP contribution < -0.4 is 10.2 Å². The molecule has 4 atom stereocenters. The molecule has 3 aliphatic rings. The number of nitrogens with zero attached hydrogens (tertiary/aromatic N) is 3. The normalized spacial score (nSPS) is 30.5. The third kappa shape index (κ3) is 3.45. The monoisotopic (exact) mass is 412 g/mol. The number of hydrogen-bond acceptors (Lipinski definition) is 6. The summed E-state index contributed by atoms with van der Waals surface area (Å²) >= 11 is 1.82. The number of carbonyl (C=O) groups is 1. The van der Waals surface area contributed by atoms with Crippen LogP contribution in [0.3, 0.4) is 0 Å². The molecule has 7 heteroatoms. The highest BCUT2D eigenvalue weighted by atomic mass is 32.1. The predicted molar refractivity (Wildman–Crippen MR) is 114 cm³/mol. The van der Waals surface area contributed by atoms with Crippen molar-refractivity contribution < 1.29 is 9.53 Å². The first-order valence-corrected chi connectivity index (χ1v) is 11.3. The number of pyridine rings is 1. The second-order valence-corrected chi connectivity index (χ2v) is 9.82. The molecule has 29 heavy (non-hydrogen) atoms. The van der Waals surface area contributed by atoms with Gasteiger partial charge in [-0.2, -0.15) is 0 Å². The van der Waals surface area contributed by atoms with Gasteiger partial charge in [-0.15, -0.1) is 11.3 Å². The van der Waals surface area contributed by atoms with Crippen molar-refractivity contribution in [3.63, 3.8) is 0 Å². The first-order valence-electron chi connectivity index (χ1n) is 10.4. The molecule has 154 valence electrons. The fourth-order valence-electron chi connectivity index (χ4n) is 5.40. The van der Waals surface area contributed by atoms with E-state index in [2.05, 4.69) is 32.7 Å². The summed E-state index contributed by atoms with van der Waals surface area (Å²) in [5, 5.41) is 5.30. The fraction of sp³-hybridized carbons (Fsp3) is 0.545. The molecule has 0 unspecified atom stereocenters. The smallest absolute Gasteiger partial charge is 0.252 e. The number of likely N-dealkylation sites (tertiary alicyclic amines) is 1. The summed E-state index contributed by atoms with van der Waals surface area (Å²) in [6, 6.07) is 8.05. The van der Waals surface area contributed by atoms with Crippen molar-refractivity contribution in [2.24, 2.45) is 11.8 Å². The number of rotatable bonds is 6. The number of hydrogen-bond donors (Lipinski definition) is 1. The maximum Gasteiger partial charge on any atom is 0.252 e. The third-order valence-corrected chi connectivity index (χ3v) is 7.64. The van der Waals surface area contributed by atoms with Crippen molar-refractivity contribution in [1.29, 1.82) is 0 Å². The molecule has 3 saturated heterocycles. The third-order valence-electron chi connectivity index (χ3n) is 6.78. The van der Waals surface area contributed by atoms with E-state index >= 15 is 0 Å². The molecule has 1 spiro atoms. The standard InChI is InChI=1S/C22H28N4O2S/c1-25(2)20-6-5-15(10-23-20)21(27)24-11-17-18-13-26(12-16-4-3-9-29-16)14-22(18)8-7-19(17)28-22/h3-6,9-10,17-19H,7-8,11-14H2,1-2H3,(H,24,27)/t17-,18+,19+,22+/m0/s1. The van der Waals surface area contributed by atoms with Gasteiger partial charge in [0, 0.05) is 63.2 Å². The summed E-state index contributed by atoms with van der Waals surface area (Å²) < 4.78 is 6.52. The van der Waals surface area contributed by atoms with Crippen LogP contribution in [0.15, 0.2) is 35.8 Å². The Morgan fingerprint density at radius 3 is 3.03 bits per heavy atom.